The fourth-order valence-corrected chi connectivity index (χ4v) is 3.28. The van der Waals surface area contributed by atoms with Crippen LogP contribution in [0.25, 0.3) is 0 Å². The van der Waals surface area contributed by atoms with E-state index < -0.39 is 0 Å². The van der Waals surface area contributed by atoms with E-state index in [4.69, 9.17) is 4.74 Å². The number of nitrogens with one attached hydrogen (secondary N) is 1. The number of para-hydroxylation sites is 4. The molecule has 0 aromatic heterocycles. The second-order valence-corrected chi connectivity index (χ2v) is 6.58. The average molecular weight is 336 g/mol. The zero-order chi connectivity index (χ0) is 17.2. The normalized spacial score (nSPS) is 17.4. The SMILES string of the molecule is C=C(NCN1CCN(C)CC1)N1c2ccccc2Oc2ccccc21. The molecule has 0 saturated carbocycles. The van der Waals surface area contributed by atoms with Crippen molar-refractivity contribution in [3.05, 3.63) is 60.9 Å². The first kappa shape index (κ1) is 16.0. The quantitative estimate of drug-likeness (QED) is 0.927. The van der Waals surface area contributed by atoms with E-state index in [9.17, 15) is 0 Å². The van der Waals surface area contributed by atoms with Gasteiger partial charge >= 0.3 is 0 Å². The van der Waals surface area contributed by atoms with E-state index in [1.807, 2.05) is 36.4 Å². The lowest BCUT2D eigenvalue weighted by Crippen LogP contribution is -2.48. The Morgan fingerprint density at radius 2 is 1.52 bits per heavy atom. The third-order valence-corrected chi connectivity index (χ3v) is 4.80. The molecule has 0 bridgehead atoms. The van der Waals surface area contributed by atoms with Gasteiger partial charge in [0.15, 0.2) is 11.5 Å². The van der Waals surface area contributed by atoms with Crippen molar-refractivity contribution in [2.75, 3.05) is 44.8 Å². The Morgan fingerprint density at radius 1 is 0.960 bits per heavy atom. The van der Waals surface area contributed by atoms with Gasteiger partial charge in [-0.1, -0.05) is 30.8 Å². The Hall–Kier alpha value is -2.50. The predicted octanol–water partition coefficient (Wildman–Crippen LogP) is 3.20. The summed E-state index contributed by atoms with van der Waals surface area (Å²) >= 11 is 0. The number of anilines is 2. The van der Waals surface area contributed by atoms with Crippen molar-refractivity contribution in [2.24, 2.45) is 0 Å². The van der Waals surface area contributed by atoms with E-state index in [1.54, 1.807) is 0 Å². The van der Waals surface area contributed by atoms with Gasteiger partial charge in [0.05, 0.1) is 18.0 Å². The zero-order valence-corrected chi connectivity index (χ0v) is 14.6. The molecule has 5 heteroatoms. The molecule has 1 fully saturated rings. The number of nitrogens with zero attached hydrogens (tertiary/aromatic N) is 3. The Labute approximate surface area is 149 Å². The summed E-state index contributed by atoms with van der Waals surface area (Å²) < 4.78 is 6.04. The van der Waals surface area contributed by atoms with Crippen LogP contribution in [0.4, 0.5) is 11.4 Å². The van der Waals surface area contributed by atoms with Crippen LogP contribution in [0, 0.1) is 0 Å². The van der Waals surface area contributed by atoms with E-state index in [2.05, 4.69) is 45.8 Å². The molecule has 0 amide bonds. The summed E-state index contributed by atoms with van der Waals surface area (Å²) in [5.41, 5.74) is 2.02. The van der Waals surface area contributed by atoms with Crippen molar-refractivity contribution < 1.29 is 4.74 Å². The summed E-state index contributed by atoms with van der Waals surface area (Å²) in [6, 6.07) is 16.1. The first-order chi connectivity index (χ1) is 12.2. The third-order valence-electron chi connectivity index (χ3n) is 4.80. The van der Waals surface area contributed by atoms with Crippen LogP contribution in [0.5, 0.6) is 11.5 Å². The van der Waals surface area contributed by atoms with Gasteiger partial charge in [-0.25, -0.2) is 0 Å². The first-order valence-electron chi connectivity index (χ1n) is 8.72. The van der Waals surface area contributed by atoms with Gasteiger partial charge < -0.3 is 15.0 Å². The Balaban J connectivity index is 1.54. The summed E-state index contributed by atoms with van der Waals surface area (Å²) in [6.45, 7) is 9.47. The number of hydrogen-bond acceptors (Lipinski definition) is 5. The lowest BCUT2D eigenvalue weighted by atomic mass is 10.1. The molecule has 130 valence electrons. The van der Waals surface area contributed by atoms with Gasteiger partial charge in [0.25, 0.3) is 0 Å². The van der Waals surface area contributed by atoms with Crippen LogP contribution in [0.2, 0.25) is 0 Å². The molecular formula is C20H24N4O. The van der Waals surface area contributed by atoms with Crippen molar-refractivity contribution in [2.45, 2.75) is 0 Å². The Morgan fingerprint density at radius 3 is 2.12 bits per heavy atom. The highest BCUT2D eigenvalue weighted by atomic mass is 16.5. The smallest absolute Gasteiger partial charge is 0.151 e. The van der Waals surface area contributed by atoms with Crippen LogP contribution in [0.1, 0.15) is 0 Å². The largest absolute Gasteiger partial charge is 0.453 e. The van der Waals surface area contributed by atoms with Gasteiger partial charge in [0.2, 0.25) is 0 Å². The van der Waals surface area contributed by atoms with Crippen LogP contribution in [0.15, 0.2) is 60.9 Å². The Bertz CT molecular complexity index is 722. The minimum atomic E-state index is 0.800. The van der Waals surface area contributed by atoms with E-state index in [0.717, 1.165) is 61.5 Å². The number of likely N-dealkylation sites (N-methyl/N-ethyl adjacent to an activating group) is 1. The fraction of sp³-hybridized carbons (Fsp3) is 0.300. The average Bonchev–Trinajstić information content (AvgIpc) is 2.65. The fourth-order valence-electron chi connectivity index (χ4n) is 3.28. The summed E-state index contributed by atoms with van der Waals surface area (Å²) in [4.78, 5) is 6.92. The highest BCUT2D eigenvalue weighted by Crippen LogP contribution is 2.47. The maximum atomic E-state index is 6.04. The molecule has 0 radical (unpaired) electrons. The summed E-state index contributed by atoms with van der Waals surface area (Å²) in [7, 11) is 2.17. The van der Waals surface area contributed by atoms with Crippen LogP contribution in [-0.2, 0) is 0 Å². The molecule has 2 aliphatic heterocycles. The molecule has 0 spiro atoms. The van der Waals surface area contributed by atoms with E-state index in [-0.39, 0.29) is 0 Å². The lowest BCUT2D eigenvalue weighted by Gasteiger charge is -2.36. The summed E-state index contributed by atoms with van der Waals surface area (Å²) in [5, 5.41) is 3.50. The van der Waals surface area contributed by atoms with Gasteiger partial charge in [-0.05, 0) is 31.3 Å². The van der Waals surface area contributed by atoms with Crippen molar-refractivity contribution in [1.82, 2.24) is 15.1 Å². The molecule has 0 atom stereocenters. The number of hydrogen-bond donors (Lipinski definition) is 1. The van der Waals surface area contributed by atoms with Crippen molar-refractivity contribution >= 4 is 11.4 Å². The molecule has 1 saturated heterocycles. The minimum absolute atomic E-state index is 0.800. The monoisotopic (exact) mass is 336 g/mol. The highest BCUT2D eigenvalue weighted by Gasteiger charge is 2.26. The van der Waals surface area contributed by atoms with Crippen LogP contribution < -0.4 is 15.0 Å². The molecule has 2 heterocycles. The van der Waals surface area contributed by atoms with Gasteiger partial charge in [0.1, 0.15) is 5.82 Å². The number of piperazine rings is 1. The van der Waals surface area contributed by atoms with Crippen molar-refractivity contribution in [3.63, 3.8) is 0 Å². The van der Waals surface area contributed by atoms with Crippen molar-refractivity contribution in [3.8, 4) is 11.5 Å². The second kappa shape index (κ2) is 6.78. The highest BCUT2D eigenvalue weighted by molar-refractivity contribution is 5.80. The molecule has 0 aliphatic carbocycles. The van der Waals surface area contributed by atoms with E-state index in [1.165, 1.54) is 0 Å². The number of fused-ring (bicyclic) bond motifs is 2. The van der Waals surface area contributed by atoms with Gasteiger partial charge in [0, 0.05) is 26.2 Å². The van der Waals surface area contributed by atoms with Crippen LogP contribution in [-0.4, -0.2) is 49.7 Å². The second-order valence-electron chi connectivity index (χ2n) is 6.58. The van der Waals surface area contributed by atoms with E-state index in [0.29, 0.717) is 0 Å². The molecule has 2 aromatic carbocycles. The van der Waals surface area contributed by atoms with Crippen molar-refractivity contribution in [1.29, 1.82) is 0 Å². The number of rotatable bonds is 4. The molecular weight excluding hydrogens is 312 g/mol. The first-order valence-corrected chi connectivity index (χ1v) is 8.72. The van der Waals surface area contributed by atoms with Gasteiger partial charge in [-0.3, -0.25) is 9.80 Å². The number of benzene rings is 2. The summed E-state index contributed by atoms with van der Waals surface area (Å²) in [5.74, 6) is 2.56. The molecule has 2 aliphatic rings. The third kappa shape index (κ3) is 3.21. The molecule has 1 N–H and O–H groups in total. The van der Waals surface area contributed by atoms with Gasteiger partial charge in [-0.15, -0.1) is 0 Å². The maximum Gasteiger partial charge on any atom is 0.151 e. The number of ether oxygens (including phenoxy) is 1. The lowest BCUT2D eigenvalue weighted by molar-refractivity contribution is 0.148. The molecule has 4 rings (SSSR count). The topological polar surface area (TPSA) is 31.0 Å². The van der Waals surface area contributed by atoms with E-state index >= 15 is 0 Å². The minimum Gasteiger partial charge on any atom is -0.453 e. The zero-order valence-electron chi connectivity index (χ0n) is 14.6. The molecule has 0 unspecified atom stereocenters. The molecule has 5 nitrogen and oxygen atoms in total. The standard InChI is InChI=1S/C20H24N4O/c1-16(21-15-23-13-11-22(2)12-14-23)24-17-7-3-5-9-19(17)25-20-10-6-4-8-18(20)24/h3-10,21H,1,11-15H2,2H3. The summed E-state index contributed by atoms with van der Waals surface area (Å²) in [6.07, 6.45) is 0. The maximum absolute atomic E-state index is 6.04. The van der Waals surface area contributed by atoms with Gasteiger partial charge in [-0.2, -0.15) is 0 Å². The molecule has 2 aromatic rings. The molecule has 25 heavy (non-hydrogen) atoms. The Kier molecular flexibility index (Phi) is 4.34. The predicted molar refractivity (Wildman–Crippen MR) is 101 cm³/mol. The van der Waals surface area contributed by atoms with Crippen LogP contribution in [0.3, 0.4) is 0 Å². The van der Waals surface area contributed by atoms with Crippen LogP contribution >= 0.6 is 0 Å².